The molecule has 4 heteroatoms. The number of amides is 1. The molecular formula is C16H27NO3. The predicted octanol–water partition coefficient (Wildman–Crippen LogP) is 2.31. The lowest BCUT2D eigenvalue weighted by atomic mass is 9.83. The van der Waals surface area contributed by atoms with E-state index in [1.54, 1.807) is 0 Å². The number of hydrogen-bond donors (Lipinski definition) is 1. The van der Waals surface area contributed by atoms with E-state index >= 15 is 0 Å². The van der Waals surface area contributed by atoms with E-state index in [0.717, 1.165) is 32.5 Å². The third-order valence-electron chi connectivity index (χ3n) is 4.82. The van der Waals surface area contributed by atoms with Crippen molar-refractivity contribution in [1.29, 1.82) is 0 Å². The summed E-state index contributed by atoms with van der Waals surface area (Å²) in [4.78, 5) is 24.5. The number of hydrogen-bond acceptors (Lipinski definition) is 3. The second-order valence-electron chi connectivity index (χ2n) is 7.36. The van der Waals surface area contributed by atoms with E-state index in [2.05, 4.69) is 5.32 Å². The summed E-state index contributed by atoms with van der Waals surface area (Å²) >= 11 is 0. The van der Waals surface area contributed by atoms with Crippen LogP contribution in [0.4, 0.5) is 0 Å². The highest BCUT2D eigenvalue weighted by atomic mass is 16.5. The van der Waals surface area contributed by atoms with Crippen LogP contribution < -0.4 is 5.32 Å². The Morgan fingerprint density at radius 1 is 1.30 bits per heavy atom. The molecule has 1 amide bonds. The molecule has 0 aromatic rings. The first-order valence-corrected chi connectivity index (χ1v) is 7.71. The standard InChI is InChI=1S/C16H27NO3/c1-5-12(18)13(15(2,3)4)17-14(19)11-10-16(11)6-8-20-9-7-16/h11,13H,5-10H2,1-4H3,(H,17,19). The van der Waals surface area contributed by atoms with Gasteiger partial charge in [-0.2, -0.15) is 0 Å². The first-order valence-electron chi connectivity index (χ1n) is 7.71. The molecule has 1 aliphatic carbocycles. The monoisotopic (exact) mass is 281 g/mol. The number of ether oxygens (including phenoxy) is 1. The van der Waals surface area contributed by atoms with Crippen molar-refractivity contribution < 1.29 is 14.3 Å². The molecule has 0 aromatic carbocycles. The summed E-state index contributed by atoms with van der Waals surface area (Å²) in [6.45, 7) is 9.39. The number of Topliss-reactive ketones (excluding diaryl/α,β-unsaturated/α-hetero) is 1. The van der Waals surface area contributed by atoms with Crippen LogP contribution in [0.25, 0.3) is 0 Å². The lowest BCUT2D eigenvalue weighted by Gasteiger charge is -2.31. The lowest BCUT2D eigenvalue weighted by molar-refractivity contribution is -0.131. The topological polar surface area (TPSA) is 55.4 Å². The summed E-state index contributed by atoms with van der Waals surface area (Å²) in [5, 5.41) is 3.01. The molecule has 1 saturated heterocycles. The maximum Gasteiger partial charge on any atom is 0.224 e. The van der Waals surface area contributed by atoms with Gasteiger partial charge in [0.1, 0.15) is 0 Å². The van der Waals surface area contributed by atoms with E-state index < -0.39 is 0 Å². The normalized spacial score (nSPS) is 26.1. The Labute approximate surface area is 121 Å². The third-order valence-corrected chi connectivity index (χ3v) is 4.82. The Balaban J connectivity index is 1.98. The van der Waals surface area contributed by atoms with E-state index in [4.69, 9.17) is 4.74 Å². The minimum Gasteiger partial charge on any atom is -0.381 e. The van der Waals surface area contributed by atoms with Crippen LogP contribution in [-0.2, 0) is 14.3 Å². The molecule has 114 valence electrons. The summed E-state index contributed by atoms with van der Waals surface area (Å²) in [6.07, 6.45) is 3.38. The highest BCUT2D eigenvalue weighted by Crippen LogP contribution is 2.59. The Morgan fingerprint density at radius 3 is 2.40 bits per heavy atom. The van der Waals surface area contributed by atoms with Gasteiger partial charge < -0.3 is 10.1 Å². The van der Waals surface area contributed by atoms with Crippen molar-refractivity contribution in [3.05, 3.63) is 0 Å². The summed E-state index contributed by atoms with van der Waals surface area (Å²) in [5.41, 5.74) is -0.0689. The second kappa shape index (κ2) is 5.47. The van der Waals surface area contributed by atoms with Gasteiger partial charge in [0.15, 0.2) is 5.78 Å². The van der Waals surface area contributed by atoms with Crippen molar-refractivity contribution in [2.24, 2.45) is 16.7 Å². The lowest BCUT2D eigenvalue weighted by Crippen LogP contribution is -2.50. The number of ketones is 1. The molecule has 1 N–H and O–H groups in total. The minimum atomic E-state index is -0.377. The van der Waals surface area contributed by atoms with Crippen LogP contribution in [0.2, 0.25) is 0 Å². The summed E-state index contributed by atoms with van der Waals surface area (Å²) < 4.78 is 5.38. The average molecular weight is 281 g/mol. The molecular weight excluding hydrogens is 254 g/mol. The molecule has 1 aliphatic heterocycles. The molecule has 1 saturated carbocycles. The van der Waals surface area contributed by atoms with Gasteiger partial charge >= 0.3 is 0 Å². The van der Waals surface area contributed by atoms with Crippen LogP contribution in [0, 0.1) is 16.7 Å². The number of carbonyl (C=O) groups is 2. The maximum atomic E-state index is 12.5. The summed E-state index contributed by atoms with van der Waals surface area (Å²) in [6, 6.07) is -0.377. The molecule has 2 unspecified atom stereocenters. The van der Waals surface area contributed by atoms with Crippen molar-refractivity contribution >= 4 is 11.7 Å². The zero-order valence-electron chi connectivity index (χ0n) is 13.1. The molecule has 2 fully saturated rings. The summed E-state index contributed by atoms with van der Waals surface area (Å²) in [7, 11) is 0. The molecule has 20 heavy (non-hydrogen) atoms. The molecule has 1 spiro atoms. The zero-order valence-corrected chi connectivity index (χ0v) is 13.1. The maximum absolute atomic E-state index is 12.5. The quantitative estimate of drug-likeness (QED) is 0.860. The van der Waals surface area contributed by atoms with Gasteiger partial charge in [-0.25, -0.2) is 0 Å². The van der Waals surface area contributed by atoms with E-state index in [1.165, 1.54) is 0 Å². The molecule has 0 radical (unpaired) electrons. The van der Waals surface area contributed by atoms with E-state index in [9.17, 15) is 9.59 Å². The van der Waals surface area contributed by atoms with Gasteiger partial charge in [0, 0.05) is 25.6 Å². The van der Waals surface area contributed by atoms with Crippen LogP contribution in [0.1, 0.15) is 53.4 Å². The molecule has 2 atom stereocenters. The Kier molecular flexibility index (Phi) is 4.24. The van der Waals surface area contributed by atoms with Gasteiger partial charge in [-0.3, -0.25) is 9.59 Å². The number of carbonyl (C=O) groups excluding carboxylic acids is 2. The predicted molar refractivity (Wildman–Crippen MR) is 77.3 cm³/mol. The van der Waals surface area contributed by atoms with Crippen molar-refractivity contribution in [2.45, 2.75) is 59.4 Å². The van der Waals surface area contributed by atoms with Gasteiger partial charge in [-0.1, -0.05) is 27.7 Å². The van der Waals surface area contributed by atoms with Crippen molar-refractivity contribution in [2.75, 3.05) is 13.2 Å². The first-order chi connectivity index (χ1) is 9.30. The minimum absolute atomic E-state index is 0.0635. The van der Waals surface area contributed by atoms with E-state index in [1.807, 2.05) is 27.7 Å². The second-order valence-corrected chi connectivity index (χ2v) is 7.36. The van der Waals surface area contributed by atoms with Crippen molar-refractivity contribution in [1.82, 2.24) is 5.32 Å². The first kappa shape index (κ1) is 15.5. The van der Waals surface area contributed by atoms with E-state index in [-0.39, 0.29) is 34.5 Å². The van der Waals surface area contributed by atoms with E-state index in [0.29, 0.717) is 6.42 Å². The fraction of sp³-hybridized carbons (Fsp3) is 0.875. The molecule has 4 nitrogen and oxygen atoms in total. The largest absolute Gasteiger partial charge is 0.381 e. The highest BCUT2D eigenvalue weighted by Gasteiger charge is 2.58. The Bertz CT molecular complexity index is 391. The molecule has 1 heterocycles. The number of nitrogens with one attached hydrogen (secondary N) is 1. The fourth-order valence-corrected chi connectivity index (χ4v) is 3.28. The molecule has 0 bridgehead atoms. The van der Waals surface area contributed by atoms with Crippen LogP contribution in [0.15, 0.2) is 0 Å². The molecule has 2 rings (SSSR count). The average Bonchev–Trinajstić information content (AvgIpc) is 3.08. The van der Waals surface area contributed by atoms with Crippen LogP contribution in [0.3, 0.4) is 0 Å². The van der Waals surface area contributed by atoms with Gasteiger partial charge in [-0.05, 0) is 30.1 Å². The smallest absolute Gasteiger partial charge is 0.224 e. The van der Waals surface area contributed by atoms with Crippen molar-refractivity contribution in [3.63, 3.8) is 0 Å². The van der Waals surface area contributed by atoms with Gasteiger partial charge in [0.25, 0.3) is 0 Å². The van der Waals surface area contributed by atoms with Gasteiger partial charge in [-0.15, -0.1) is 0 Å². The fourth-order valence-electron chi connectivity index (χ4n) is 3.28. The van der Waals surface area contributed by atoms with Crippen molar-refractivity contribution in [3.8, 4) is 0 Å². The molecule has 2 aliphatic rings. The van der Waals surface area contributed by atoms with Crippen LogP contribution >= 0.6 is 0 Å². The summed E-state index contributed by atoms with van der Waals surface area (Å²) in [5.74, 6) is 0.266. The number of rotatable bonds is 4. The van der Waals surface area contributed by atoms with Crippen LogP contribution in [-0.4, -0.2) is 30.9 Å². The zero-order chi connectivity index (χ0) is 15.0. The Morgan fingerprint density at radius 2 is 1.90 bits per heavy atom. The third kappa shape index (κ3) is 3.05. The van der Waals surface area contributed by atoms with Gasteiger partial charge in [0.2, 0.25) is 5.91 Å². The molecule has 0 aromatic heterocycles. The van der Waals surface area contributed by atoms with Gasteiger partial charge in [0.05, 0.1) is 6.04 Å². The van der Waals surface area contributed by atoms with Crippen LogP contribution in [0.5, 0.6) is 0 Å². The Hall–Kier alpha value is -0.900. The highest BCUT2D eigenvalue weighted by molar-refractivity contribution is 5.91. The SMILES string of the molecule is CCC(=O)C(NC(=O)C1CC12CCOCC2)C(C)(C)C.